The van der Waals surface area contributed by atoms with Crippen LogP contribution in [-0.4, -0.2) is 29.5 Å². The molecule has 1 heterocycles. The highest BCUT2D eigenvalue weighted by Gasteiger charge is 2.40. The fraction of sp³-hybridized carbons (Fsp3) is 0.550. The molecule has 2 aliphatic rings. The van der Waals surface area contributed by atoms with E-state index < -0.39 is 27.1 Å². The van der Waals surface area contributed by atoms with Gasteiger partial charge in [0.2, 0.25) is 10.0 Å². The number of rotatable bonds is 4. The second kappa shape index (κ2) is 7.12. The number of hydrogen-bond donors (Lipinski definition) is 1. The number of alkyl halides is 3. The summed E-state index contributed by atoms with van der Waals surface area (Å²) in [5, 5.41) is 3.43. The Bertz CT molecular complexity index is 1040. The summed E-state index contributed by atoms with van der Waals surface area (Å²) in [6.07, 6.45) is -0.814. The van der Waals surface area contributed by atoms with Crippen LogP contribution in [0.25, 0.3) is 5.69 Å². The van der Waals surface area contributed by atoms with Crippen molar-refractivity contribution >= 4 is 10.0 Å². The van der Waals surface area contributed by atoms with Crippen LogP contribution in [0.15, 0.2) is 18.2 Å². The molecule has 5 nitrogen and oxygen atoms in total. The molecule has 158 valence electrons. The van der Waals surface area contributed by atoms with Crippen molar-refractivity contribution in [3.05, 3.63) is 46.3 Å². The molecule has 1 N–H and O–H groups in total. The standard InChI is InChI=1S/C20H24F3N3O2S/c1-12(2)29(27,28)25-15-9-13-7-8-16(11-14(13)10-15)26-18-6-4-3-5-17(18)19(24-26)20(21,22)23/h7-8,11-12,15,25H,3-6,9-10H2,1-2H3/t15-/m0/s1. The summed E-state index contributed by atoms with van der Waals surface area (Å²) in [5.41, 5.74) is 2.74. The van der Waals surface area contributed by atoms with Crippen molar-refractivity contribution in [2.75, 3.05) is 0 Å². The summed E-state index contributed by atoms with van der Waals surface area (Å²) in [6.45, 7) is 3.25. The summed E-state index contributed by atoms with van der Waals surface area (Å²) >= 11 is 0. The van der Waals surface area contributed by atoms with E-state index in [0.717, 1.165) is 24.0 Å². The van der Waals surface area contributed by atoms with E-state index in [2.05, 4.69) is 9.82 Å². The SMILES string of the molecule is CC(C)S(=O)(=O)N[C@H]1Cc2ccc(-n3nc(C(F)(F)F)c4c3CCCC4)cc2C1. The normalized spacial score (nSPS) is 19.4. The molecule has 4 rings (SSSR count). The van der Waals surface area contributed by atoms with Crippen LogP contribution in [-0.2, 0) is 41.9 Å². The van der Waals surface area contributed by atoms with Crippen molar-refractivity contribution in [3.8, 4) is 5.69 Å². The highest BCUT2D eigenvalue weighted by Crippen LogP contribution is 2.37. The topological polar surface area (TPSA) is 64.0 Å². The van der Waals surface area contributed by atoms with Crippen LogP contribution in [0.2, 0.25) is 0 Å². The lowest BCUT2D eigenvalue weighted by molar-refractivity contribution is -0.142. The van der Waals surface area contributed by atoms with E-state index in [1.165, 1.54) is 4.68 Å². The number of nitrogens with zero attached hydrogens (tertiary/aromatic N) is 2. The molecule has 0 radical (unpaired) electrons. The summed E-state index contributed by atoms with van der Waals surface area (Å²) in [4.78, 5) is 0. The Morgan fingerprint density at radius 1 is 1.14 bits per heavy atom. The highest BCUT2D eigenvalue weighted by atomic mass is 32.2. The molecular weight excluding hydrogens is 403 g/mol. The molecule has 1 aromatic carbocycles. The molecule has 2 aromatic rings. The van der Waals surface area contributed by atoms with Crippen LogP contribution >= 0.6 is 0 Å². The van der Waals surface area contributed by atoms with E-state index in [1.54, 1.807) is 19.9 Å². The Hall–Kier alpha value is -1.87. The molecule has 0 aliphatic heterocycles. The maximum atomic E-state index is 13.5. The van der Waals surface area contributed by atoms with Gasteiger partial charge in [-0.2, -0.15) is 18.3 Å². The quantitative estimate of drug-likeness (QED) is 0.812. The molecule has 0 fully saturated rings. The summed E-state index contributed by atoms with van der Waals surface area (Å²) in [7, 11) is -3.38. The lowest BCUT2D eigenvalue weighted by atomic mass is 9.95. The predicted octanol–water partition coefficient (Wildman–Crippen LogP) is 3.56. The first-order chi connectivity index (χ1) is 13.6. The lowest BCUT2D eigenvalue weighted by Crippen LogP contribution is -2.39. The van der Waals surface area contributed by atoms with Gasteiger partial charge in [0, 0.05) is 17.3 Å². The zero-order valence-electron chi connectivity index (χ0n) is 16.4. The average Bonchev–Trinajstić information content (AvgIpc) is 3.20. The second-order valence-corrected chi connectivity index (χ2v) is 10.4. The van der Waals surface area contributed by atoms with Gasteiger partial charge >= 0.3 is 6.18 Å². The minimum absolute atomic E-state index is 0.232. The zero-order valence-corrected chi connectivity index (χ0v) is 17.2. The Labute approximate surface area is 168 Å². The van der Waals surface area contributed by atoms with Gasteiger partial charge in [-0.1, -0.05) is 6.07 Å². The Morgan fingerprint density at radius 3 is 2.52 bits per heavy atom. The molecule has 9 heteroatoms. The number of nitrogens with one attached hydrogen (secondary N) is 1. The number of aromatic nitrogens is 2. The molecule has 1 atom stereocenters. The van der Waals surface area contributed by atoms with Crippen LogP contribution in [0.5, 0.6) is 0 Å². The van der Waals surface area contributed by atoms with E-state index in [4.69, 9.17) is 0 Å². The van der Waals surface area contributed by atoms with Gasteiger partial charge in [0.25, 0.3) is 0 Å². The lowest BCUT2D eigenvalue weighted by Gasteiger charge is -2.15. The van der Waals surface area contributed by atoms with Crippen molar-refractivity contribution in [2.24, 2.45) is 0 Å². The van der Waals surface area contributed by atoms with Crippen LogP contribution in [0, 0.1) is 0 Å². The van der Waals surface area contributed by atoms with E-state index in [9.17, 15) is 21.6 Å². The molecule has 1 aromatic heterocycles. The summed E-state index contributed by atoms with van der Waals surface area (Å²) in [6, 6.07) is 5.27. The largest absolute Gasteiger partial charge is 0.435 e. The smallest absolute Gasteiger partial charge is 0.237 e. The molecule has 0 bridgehead atoms. The van der Waals surface area contributed by atoms with Gasteiger partial charge < -0.3 is 0 Å². The second-order valence-electron chi connectivity index (χ2n) is 8.16. The van der Waals surface area contributed by atoms with Crippen LogP contribution in [0.1, 0.15) is 54.8 Å². The first kappa shape index (κ1) is 20.4. The van der Waals surface area contributed by atoms with Gasteiger partial charge in [0.05, 0.1) is 10.9 Å². The first-order valence-corrected chi connectivity index (χ1v) is 11.4. The average molecular weight is 427 g/mol. The number of benzene rings is 1. The minimum atomic E-state index is -4.47. The number of fused-ring (bicyclic) bond motifs is 2. The molecule has 0 spiro atoms. The Balaban J connectivity index is 1.66. The molecule has 0 unspecified atom stereocenters. The fourth-order valence-electron chi connectivity index (χ4n) is 4.23. The Morgan fingerprint density at radius 2 is 1.83 bits per heavy atom. The third-order valence-corrected chi connectivity index (χ3v) is 7.67. The van der Waals surface area contributed by atoms with Gasteiger partial charge in [-0.15, -0.1) is 0 Å². The molecule has 0 saturated heterocycles. The number of halogens is 3. The number of hydrogen-bond acceptors (Lipinski definition) is 3. The predicted molar refractivity (Wildman–Crippen MR) is 104 cm³/mol. The van der Waals surface area contributed by atoms with Crippen molar-refractivity contribution in [3.63, 3.8) is 0 Å². The third kappa shape index (κ3) is 3.82. The van der Waals surface area contributed by atoms with Gasteiger partial charge in [0.15, 0.2) is 5.69 Å². The maximum Gasteiger partial charge on any atom is 0.435 e. The highest BCUT2D eigenvalue weighted by molar-refractivity contribution is 7.90. The maximum absolute atomic E-state index is 13.5. The van der Waals surface area contributed by atoms with E-state index in [-0.39, 0.29) is 6.04 Å². The first-order valence-electron chi connectivity index (χ1n) is 9.87. The number of sulfonamides is 1. The molecular formula is C20H24F3N3O2S. The van der Waals surface area contributed by atoms with Crippen LogP contribution in [0.4, 0.5) is 13.2 Å². The molecule has 2 aliphatic carbocycles. The van der Waals surface area contributed by atoms with Crippen LogP contribution < -0.4 is 4.72 Å². The van der Waals surface area contributed by atoms with Crippen molar-refractivity contribution in [1.29, 1.82) is 0 Å². The third-order valence-electron chi connectivity index (χ3n) is 5.77. The van der Waals surface area contributed by atoms with Crippen LogP contribution in [0.3, 0.4) is 0 Å². The Kier molecular flexibility index (Phi) is 5.01. The minimum Gasteiger partial charge on any atom is -0.237 e. The monoisotopic (exact) mass is 427 g/mol. The van der Waals surface area contributed by atoms with E-state index in [0.29, 0.717) is 42.6 Å². The van der Waals surface area contributed by atoms with Crippen molar-refractivity contribution in [1.82, 2.24) is 14.5 Å². The van der Waals surface area contributed by atoms with Gasteiger partial charge in [0.1, 0.15) is 0 Å². The summed E-state index contributed by atoms with van der Waals surface area (Å²) < 4.78 is 68.8. The molecule has 0 amide bonds. The van der Waals surface area contributed by atoms with Gasteiger partial charge in [-0.3, -0.25) is 0 Å². The zero-order chi connectivity index (χ0) is 21.0. The fourth-order valence-corrected chi connectivity index (χ4v) is 5.13. The molecule has 29 heavy (non-hydrogen) atoms. The van der Waals surface area contributed by atoms with Crippen molar-refractivity contribution < 1.29 is 21.6 Å². The summed E-state index contributed by atoms with van der Waals surface area (Å²) in [5.74, 6) is 0. The van der Waals surface area contributed by atoms with Crippen molar-refractivity contribution in [2.45, 2.75) is 69.8 Å². The van der Waals surface area contributed by atoms with Gasteiger partial charge in [-0.05, 0) is 75.6 Å². The van der Waals surface area contributed by atoms with Gasteiger partial charge in [-0.25, -0.2) is 17.8 Å². The molecule has 0 saturated carbocycles. The van der Waals surface area contributed by atoms with E-state index in [1.807, 2.05) is 12.1 Å². The van der Waals surface area contributed by atoms with E-state index >= 15 is 0 Å².